The van der Waals surface area contributed by atoms with Crippen molar-refractivity contribution in [2.24, 2.45) is 5.92 Å². The molecule has 0 aromatic carbocycles. The monoisotopic (exact) mass is 264 g/mol. The van der Waals surface area contributed by atoms with Crippen LogP contribution in [0, 0.1) is 12.8 Å². The van der Waals surface area contributed by atoms with Gasteiger partial charge in [0.15, 0.2) is 0 Å². The number of amides is 1. The lowest BCUT2D eigenvalue weighted by Gasteiger charge is -2.13. The van der Waals surface area contributed by atoms with Crippen LogP contribution in [0.15, 0.2) is 6.07 Å². The van der Waals surface area contributed by atoms with Crippen molar-refractivity contribution < 1.29 is 9.53 Å². The first-order valence-corrected chi connectivity index (χ1v) is 6.43. The Hall–Kier alpha value is -1.69. The number of rotatable bonds is 4. The van der Waals surface area contributed by atoms with Crippen LogP contribution in [0.2, 0.25) is 0 Å². The summed E-state index contributed by atoms with van der Waals surface area (Å²) >= 11 is 0. The fraction of sp³-hybridized carbons (Fsp3) is 0.615. The lowest BCUT2D eigenvalue weighted by atomic mass is 10.1. The van der Waals surface area contributed by atoms with E-state index in [4.69, 9.17) is 4.74 Å². The van der Waals surface area contributed by atoms with Gasteiger partial charge in [-0.05, 0) is 19.4 Å². The van der Waals surface area contributed by atoms with E-state index in [0.29, 0.717) is 25.7 Å². The summed E-state index contributed by atoms with van der Waals surface area (Å²) in [6.07, 6.45) is 0.803. The van der Waals surface area contributed by atoms with Crippen LogP contribution in [0.4, 0.5) is 5.95 Å². The van der Waals surface area contributed by atoms with Crippen LogP contribution in [0.1, 0.15) is 17.8 Å². The molecule has 2 rings (SSSR count). The van der Waals surface area contributed by atoms with Crippen molar-refractivity contribution in [1.82, 2.24) is 15.3 Å². The molecule has 1 aliphatic heterocycles. The molecule has 0 saturated carbocycles. The molecular weight excluding hydrogens is 244 g/mol. The maximum Gasteiger partial charge on any atom is 0.225 e. The second-order valence-electron chi connectivity index (χ2n) is 4.97. The average molecular weight is 264 g/mol. The molecular formula is C13H20N4O2. The number of ether oxygens (including phenoxy) is 1. The lowest BCUT2D eigenvalue weighted by molar-refractivity contribution is -0.125. The number of carbonyl (C=O) groups is 1. The summed E-state index contributed by atoms with van der Waals surface area (Å²) in [7, 11) is 3.79. The Morgan fingerprint density at radius 1 is 1.53 bits per heavy atom. The van der Waals surface area contributed by atoms with Gasteiger partial charge in [-0.25, -0.2) is 9.97 Å². The number of nitrogens with zero attached hydrogens (tertiary/aromatic N) is 3. The van der Waals surface area contributed by atoms with Gasteiger partial charge >= 0.3 is 0 Å². The van der Waals surface area contributed by atoms with E-state index in [1.54, 1.807) is 0 Å². The second-order valence-corrected chi connectivity index (χ2v) is 4.97. The normalized spacial score (nSPS) is 18.4. The third-order valence-electron chi connectivity index (χ3n) is 3.04. The molecule has 6 nitrogen and oxygen atoms in total. The Bertz CT molecular complexity index is 456. The summed E-state index contributed by atoms with van der Waals surface area (Å²) in [6, 6.07) is 1.89. The van der Waals surface area contributed by atoms with Gasteiger partial charge in [-0.1, -0.05) is 0 Å². The van der Waals surface area contributed by atoms with Gasteiger partial charge in [0.2, 0.25) is 11.9 Å². The molecule has 1 saturated heterocycles. The smallest absolute Gasteiger partial charge is 0.225 e. The van der Waals surface area contributed by atoms with Gasteiger partial charge in [0.1, 0.15) is 0 Å². The van der Waals surface area contributed by atoms with Gasteiger partial charge in [-0.15, -0.1) is 0 Å². The minimum Gasteiger partial charge on any atom is -0.381 e. The predicted octanol–water partition coefficient (Wildman–Crippen LogP) is 0.504. The van der Waals surface area contributed by atoms with Crippen LogP contribution in [-0.4, -0.2) is 43.2 Å². The highest BCUT2D eigenvalue weighted by atomic mass is 16.5. The molecule has 1 atom stereocenters. The van der Waals surface area contributed by atoms with E-state index >= 15 is 0 Å². The third-order valence-corrected chi connectivity index (χ3v) is 3.04. The minimum atomic E-state index is -0.0174. The van der Waals surface area contributed by atoms with Gasteiger partial charge in [-0.3, -0.25) is 4.79 Å². The number of aromatic nitrogens is 2. The van der Waals surface area contributed by atoms with Crippen molar-refractivity contribution in [2.45, 2.75) is 19.9 Å². The van der Waals surface area contributed by atoms with Crippen LogP contribution in [-0.2, 0) is 16.1 Å². The minimum absolute atomic E-state index is 0.0174. The molecule has 0 aliphatic carbocycles. The van der Waals surface area contributed by atoms with Gasteiger partial charge in [0.05, 0.1) is 24.8 Å². The Labute approximate surface area is 113 Å². The van der Waals surface area contributed by atoms with E-state index in [1.165, 1.54) is 0 Å². The Kier molecular flexibility index (Phi) is 4.31. The van der Waals surface area contributed by atoms with Crippen LogP contribution in [0.25, 0.3) is 0 Å². The molecule has 0 spiro atoms. The molecule has 1 aliphatic rings. The van der Waals surface area contributed by atoms with E-state index in [1.807, 2.05) is 32.0 Å². The molecule has 104 valence electrons. The zero-order valence-electron chi connectivity index (χ0n) is 11.6. The Balaban J connectivity index is 1.97. The van der Waals surface area contributed by atoms with Crippen molar-refractivity contribution in [2.75, 3.05) is 32.2 Å². The van der Waals surface area contributed by atoms with E-state index < -0.39 is 0 Å². The van der Waals surface area contributed by atoms with Crippen LogP contribution in [0.3, 0.4) is 0 Å². The lowest BCUT2D eigenvalue weighted by Crippen LogP contribution is -2.31. The first-order chi connectivity index (χ1) is 9.06. The van der Waals surface area contributed by atoms with Gasteiger partial charge in [0.25, 0.3) is 0 Å². The maximum atomic E-state index is 11.9. The highest BCUT2D eigenvalue weighted by molar-refractivity contribution is 5.78. The molecule has 1 aromatic heterocycles. The highest BCUT2D eigenvalue weighted by Gasteiger charge is 2.23. The second kappa shape index (κ2) is 5.97. The number of aryl methyl sites for hydroxylation is 1. The predicted molar refractivity (Wildman–Crippen MR) is 71.9 cm³/mol. The zero-order chi connectivity index (χ0) is 13.8. The topological polar surface area (TPSA) is 67.3 Å². The van der Waals surface area contributed by atoms with Gasteiger partial charge in [-0.2, -0.15) is 0 Å². The number of hydrogen-bond donors (Lipinski definition) is 1. The van der Waals surface area contributed by atoms with Crippen LogP contribution >= 0.6 is 0 Å². The summed E-state index contributed by atoms with van der Waals surface area (Å²) < 4.78 is 5.21. The molecule has 1 N–H and O–H groups in total. The summed E-state index contributed by atoms with van der Waals surface area (Å²) in [5.74, 6) is 0.685. The van der Waals surface area contributed by atoms with Crippen LogP contribution in [0.5, 0.6) is 0 Å². The SMILES string of the molecule is Cc1cc(CNC(=O)C2CCOC2)nc(N(C)C)n1. The van der Waals surface area contributed by atoms with Crippen molar-refractivity contribution in [1.29, 1.82) is 0 Å². The first-order valence-electron chi connectivity index (χ1n) is 6.43. The maximum absolute atomic E-state index is 11.9. The standard InChI is InChI=1S/C13H20N4O2/c1-9-6-11(16-13(15-9)17(2)3)7-14-12(18)10-4-5-19-8-10/h6,10H,4-5,7-8H2,1-3H3,(H,14,18). The number of hydrogen-bond acceptors (Lipinski definition) is 5. The quantitative estimate of drug-likeness (QED) is 0.858. The Morgan fingerprint density at radius 2 is 2.32 bits per heavy atom. The number of anilines is 1. The molecule has 0 bridgehead atoms. The third kappa shape index (κ3) is 3.64. The van der Waals surface area contributed by atoms with E-state index in [2.05, 4.69) is 15.3 Å². The van der Waals surface area contributed by atoms with E-state index in [9.17, 15) is 4.79 Å². The summed E-state index contributed by atoms with van der Waals surface area (Å²) in [5, 5.41) is 2.91. The van der Waals surface area contributed by atoms with Crippen molar-refractivity contribution in [3.63, 3.8) is 0 Å². The van der Waals surface area contributed by atoms with Crippen molar-refractivity contribution in [3.8, 4) is 0 Å². The molecule has 1 aromatic rings. The average Bonchev–Trinajstić information content (AvgIpc) is 2.89. The fourth-order valence-corrected chi connectivity index (χ4v) is 1.97. The zero-order valence-corrected chi connectivity index (χ0v) is 11.6. The number of nitrogens with one attached hydrogen (secondary N) is 1. The molecule has 1 amide bonds. The van der Waals surface area contributed by atoms with Crippen LogP contribution < -0.4 is 10.2 Å². The molecule has 0 radical (unpaired) electrons. The fourth-order valence-electron chi connectivity index (χ4n) is 1.97. The van der Waals surface area contributed by atoms with E-state index in [-0.39, 0.29) is 11.8 Å². The molecule has 6 heteroatoms. The van der Waals surface area contributed by atoms with Crippen molar-refractivity contribution >= 4 is 11.9 Å². The molecule has 1 unspecified atom stereocenters. The molecule has 19 heavy (non-hydrogen) atoms. The summed E-state index contributed by atoms with van der Waals surface area (Å²) in [5.41, 5.74) is 1.72. The largest absolute Gasteiger partial charge is 0.381 e. The highest BCUT2D eigenvalue weighted by Crippen LogP contribution is 2.12. The molecule has 1 fully saturated rings. The van der Waals surface area contributed by atoms with Gasteiger partial charge < -0.3 is 15.0 Å². The van der Waals surface area contributed by atoms with Crippen molar-refractivity contribution in [3.05, 3.63) is 17.5 Å². The van der Waals surface area contributed by atoms with E-state index in [0.717, 1.165) is 17.8 Å². The molecule has 2 heterocycles. The Morgan fingerprint density at radius 3 is 2.95 bits per heavy atom. The van der Waals surface area contributed by atoms with Gasteiger partial charge in [0, 0.05) is 26.4 Å². The summed E-state index contributed by atoms with van der Waals surface area (Å²) in [4.78, 5) is 22.4. The first kappa shape index (κ1) is 13.7. The number of carbonyl (C=O) groups excluding carboxylic acids is 1. The summed E-state index contributed by atoms with van der Waals surface area (Å²) in [6.45, 7) is 3.55.